The largest absolute Gasteiger partial charge is 0.497 e. The summed E-state index contributed by atoms with van der Waals surface area (Å²) >= 11 is 6.26. The smallest absolute Gasteiger partial charge is 0.240 e. The molecular formula is C21H23ClN2O4S. The molecule has 1 heterocycles. The van der Waals surface area contributed by atoms with Crippen LogP contribution in [0.1, 0.15) is 18.4 Å². The number of halogens is 1. The number of sulfonamides is 1. The van der Waals surface area contributed by atoms with Gasteiger partial charge in [0.05, 0.1) is 18.4 Å². The molecule has 0 spiro atoms. The summed E-state index contributed by atoms with van der Waals surface area (Å²) in [4.78, 5) is 15.0. The van der Waals surface area contributed by atoms with Crippen LogP contribution in [-0.2, 0) is 21.2 Å². The highest BCUT2D eigenvalue weighted by atomic mass is 35.5. The molecule has 0 radical (unpaired) electrons. The number of benzene rings is 2. The Labute approximate surface area is 175 Å². The predicted octanol–water partition coefficient (Wildman–Crippen LogP) is 2.86. The molecule has 154 valence electrons. The van der Waals surface area contributed by atoms with Crippen LogP contribution in [0.25, 0.3) is 0 Å². The van der Waals surface area contributed by atoms with Crippen LogP contribution in [0.2, 0.25) is 5.02 Å². The van der Waals surface area contributed by atoms with Gasteiger partial charge in [-0.05, 0) is 48.6 Å². The highest BCUT2D eigenvalue weighted by Crippen LogP contribution is 2.39. The van der Waals surface area contributed by atoms with Gasteiger partial charge >= 0.3 is 0 Å². The third-order valence-corrected chi connectivity index (χ3v) is 7.68. The lowest BCUT2D eigenvalue weighted by molar-refractivity contribution is -0.132. The molecule has 29 heavy (non-hydrogen) atoms. The Morgan fingerprint density at radius 1 is 1.21 bits per heavy atom. The number of carbonyl (C=O) groups is 1. The molecular weight excluding hydrogens is 412 g/mol. The van der Waals surface area contributed by atoms with Crippen LogP contribution < -0.4 is 9.46 Å². The number of hydrogen-bond donors (Lipinski definition) is 1. The van der Waals surface area contributed by atoms with E-state index in [1.807, 2.05) is 11.0 Å². The molecule has 8 heteroatoms. The molecule has 1 N–H and O–H groups in total. The SMILES string of the molecule is COc1ccc(CC(=O)N2C[C@@H]3C[C@H]2C[C@@H]3NS(=O)(=O)c2ccccc2)c(Cl)c1. The minimum absolute atomic E-state index is 0.0222. The van der Waals surface area contributed by atoms with Crippen LogP contribution in [-0.4, -0.2) is 45.0 Å². The first-order valence-corrected chi connectivity index (χ1v) is 11.4. The molecule has 1 aliphatic heterocycles. The second kappa shape index (κ2) is 7.97. The van der Waals surface area contributed by atoms with E-state index in [-0.39, 0.29) is 35.2 Å². The first-order chi connectivity index (χ1) is 13.9. The van der Waals surface area contributed by atoms with Crippen LogP contribution in [0, 0.1) is 5.92 Å². The molecule has 3 atom stereocenters. The molecule has 0 aromatic heterocycles. The fourth-order valence-corrected chi connectivity index (χ4v) is 5.91. The number of piperidine rings is 1. The first-order valence-electron chi connectivity index (χ1n) is 9.56. The van der Waals surface area contributed by atoms with Gasteiger partial charge in [0.15, 0.2) is 0 Å². The van der Waals surface area contributed by atoms with Gasteiger partial charge in [-0.3, -0.25) is 4.79 Å². The normalized spacial score (nSPS) is 23.4. The van der Waals surface area contributed by atoms with Gasteiger partial charge in [-0.15, -0.1) is 0 Å². The number of carbonyl (C=O) groups excluding carboxylic acids is 1. The zero-order valence-corrected chi connectivity index (χ0v) is 17.6. The van der Waals surface area contributed by atoms with Crippen molar-refractivity contribution in [3.8, 4) is 5.75 Å². The monoisotopic (exact) mass is 434 g/mol. The lowest BCUT2D eigenvalue weighted by atomic mass is 10.0. The van der Waals surface area contributed by atoms with Gasteiger partial charge in [0.1, 0.15) is 5.75 Å². The van der Waals surface area contributed by atoms with Crippen molar-refractivity contribution in [3.05, 3.63) is 59.1 Å². The van der Waals surface area contributed by atoms with Crippen LogP contribution in [0.4, 0.5) is 0 Å². The third kappa shape index (κ3) is 4.13. The summed E-state index contributed by atoms with van der Waals surface area (Å²) < 4.78 is 33.2. The topological polar surface area (TPSA) is 75.7 Å². The van der Waals surface area contributed by atoms with Crippen molar-refractivity contribution in [2.45, 2.75) is 36.2 Å². The first kappa shape index (κ1) is 20.2. The molecule has 2 aromatic carbocycles. The summed E-state index contributed by atoms with van der Waals surface area (Å²) in [5, 5.41) is 0.510. The van der Waals surface area contributed by atoms with E-state index in [1.165, 1.54) is 0 Å². The van der Waals surface area contributed by atoms with E-state index in [1.54, 1.807) is 49.6 Å². The highest BCUT2D eigenvalue weighted by molar-refractivity contribution is 7.89. The maximum atomic E-state index is 12.8. The summed E-state index contributed by atoms with van der Waals surface area (Å²) in [7, 11) is -1.98. The number of nitrogens with zero attached hydrogens (tertiary/aromatic N) is 1. The maximum Gasteiger partial charge on any atom is 0.240 e. The summed E-state index contributed by atoms with van der Waals surface area (Å²) in [6.45, 7) is 0.569. The summed E-state index contributed by atoms with van der Waals surface area (Å²) in [5.74, 6) is 0.808. The Bertz CT molecular complexity index is 1010. The summed E-state index contributed by atoms with van der Waals surface area (Å²) in [6, 6.07) is 13.6. The second-order valence-corrected chi connectivity index (χ2v) is 9.73. The van der Waals surface area contributed by atoms with Crippen molar-refractivity contribution in [1.29, 1.82) is 0 Å². The van der Waals surface area contributed by atoms with Gasteiger partial charge in [-0.1, -0.05) is 35.9 Å². The van der Waals surface area contributed by atoms with Gasteiger partial charge in [0.25, 0.3) is 0 Å². The molecule has 1 aliphatic carbocycles. The van der Waals surface area contributed by atoms with Crippen molar-refractivity contribution in [1.82, 2.24) is 9.62 Å². The minimum atomic E-state index is -3.55. The Morgan fingerprint density at radius 3 is 2.59 bits per heavy atom. The molecule has 2 aliphatic rings. The van der Waals surface area contributed by atoms with Gasteiger partial charge < -0.3 is 9.64 Å². The van der Waals surface area contributed by atoms with Gasteiger partial charge in [-0.2, -0.15) is 0 Å². The van der Waals surface area contributed by atoms with Crippen LogP contribution in [0.5, 0.6) is 5.75 Å². The van der Waals surface area contributed by atoms with Gasteiger partial charge in [-0.25, -0.2) is 13.1 Å². The van der Waals surface area contributed by atoms with E-state index >= 15 is 0 Å². The standard InChI is InChI=1S/C21H23ClN2O4S/c1-28-17-8-7-14(19(22)12-17)10-21(25)24-13-15-9-16(24)11-20(15)23-29(26,27)18-5-3-2-4-6-18/h2-8,12,15-16,20,23H,9-11,13H2,1H3/t15-,16-,20-/m0/s1. The number of fused-ring (bicyclic) bond motifs is 2. The van der Waals surface area contributed by atoms with E-state index in [0.29, 0.717) is 23.7 Å². The number of methoxy groups -OCH3 is 1. The molecule has 4 rings (SSSR count). The zero-order valence-electron chi connectivity index (χ0n) is 16.0. The van der Waals surface area contributed by atoms with Crippen molar-refractivity contribution in [3.63, 3.8) is 0 Å². The van der Waals surface area contributed by atoms with Crippen molar-refractivity contribution in [2.75, 3.05) is 13.7 Å². The minimum Gasteiger partial charge on any atom is -0.497 e. The van der Waals surface area contributed by atoms with E-state index in [9.17, 15) is 13.2 Å². The average Bonchev–Trinajstić information content (AvgIpc) is 3.30. The lowest BCUT2D eigenvalue weighted by Crippen LogP contribution is -2.48. The number of likely N-dealkylation sites (tertiary alicyclic amines) is 1. The fraction of sp³-hybridized carbons (Fsp3) is 0.381. The summed E-state index contributed by atoms with van der Waals surface area (Å²) in [6.07, 6.45) is 1.69. The predicted molar refractivity (Wildman–Crippen MR) is 110 cm³/mol. The van der Waals surface area contributed by atoms with Crippen LogP contribution >= 0.6 is 11.6 Å². The van der Waals surface area contributed by atoms with Crippen molar-refractivity contribution >= 4 is 27.5 Å². The van der Waals surface area contributed by atoms with Gasteiger partial charge in [0, 0.05) is 23.7 Å². The molecule has 6 nitrogen and oxygen atoms in total. The Kier molecular flexibility index (Phi) is 5.55. The number of nitrogens with one attached hydrogen (secondary N) is 1. The molecule has 2 aromatic rings. The number of rotatable bonds is 6. The average molecular weight is 435 g/mol. The molecule has 1 saturated carbocycles. The maximum absolute atomic E-state index is 12.8. The van der Waals surface area contributed by atoms with Crippen molar-refractivity contribution < 1.29 is 17.9 Å². The zero-order chi connectivity index (χ0) is 20.6. The number of hydrogen-bond acceptors (Lipinski definition) is 4. The molecule has 1 amide bonds. The van der Waals surface area contributed by atoms with Crippen LogP contribution in [0.15, 0.2) is 53.4 Å². The molecule has 1 saturated heterocycles. The van der Waals surface area contributed by atoms with E-state index in [4.69, 9.17) is 16.3 Å². The Hall–Kier alpha value is -2.09. The summed E-state index contributed by atoms with van der Waals surface area (Å²) in [5.41, 5.74) is 0.765. The van der Waals surface area contributed by atoms with Crippen molar-refractivity contribution in [2.24, 2.45) is 5.92 Å². The van der Waals surface area contributed by atoms with E-state index < -0.39 is 10.0 Å². The number of ether oxygens (including phenoxy) is 1. The molecule has 2 fully saturated rings. The fourth-order valence-electron chi connectivity index (χ4n) is 4.33. The molecule has 2 bridgehead atoms. The second-order valence-electron chi connectivity index (χ2n) is 7.61. The van der Waals surface area contributed by atoms with E-state index in [0.717, 1.165) is 12.0 Å². The highest BCUT2D eigenvalue weighted by Gasteiger charge is 2.47. The number of amides is 1. The Balaban J connectivity index is 1.38. The lowest BCUT2D eigenvalue weighted by Gasteiger charge is -2.32. The van der Waals surface area contributed by atoms with Crippen LogP contribution in [0.3, 0.4) is 0 Å². The quantitative estimate of drug-likeness (QED) is 0.758. The third-order valence-electron chi connectivity index (χ3n) is 5.82. The Morgan fingerprint density at radius 2 is 1.97 bits per heavy atom. The molecule has 0 unspecified atom stereocenters. The van der Waals surface area contributed by atoms with E-state index in [2.05, 4.69) is 4.72 Å². The van der Waals surface area contributed by atoms with Gasteiger partial charge in [0.2, 0.25) is 15.9 Å².